The molecule has 2 rings (SSSR count). The van der Waals surface area contributed by atoms with Crippen molar-refractivity contribution in [2.24, 2.45) is 5.92 Å². The molecule has 2 fully saturated rings. The van der Waals surface area contributed by atoms with Gasteiger partial charge < -0.3 is 15.4 Å². The molecular weight excluding hydrogens is 292 g/mol. The van der Waals surface area contributed by atoms with Crippen LogP contribution in [-0.4, -0.2) is 37.1 Å². The Labute approximate surface area is 133 Å². The second-order valence-electron chi connectivity index (χ2n) is 5.81. The summed E-state index contributed by atoms with van der Waals surface area (Å²) in [6.07, 6.45) is 6.62. The van der Waals surface area contributed by atoms with Crippen LogP contribution in [0.25, 0.3) is 0 Å². The van der Waals surface area contributed by atoms with E-state index in [-0.39, 0.29) is 42.3 Å². The fourth-order valence-electron chi connectivity index (χ4n) is 3.11. The average Bonchev–Trinajstić information content (AvgIpc) is 2.49. The second kappa shape index (κ2) is 9.26. The third kappa shape index (κ3) is 5.47. The van der Waals surface area contributed by atoms with Crippen molar-refractivity contribution < 1.29 is 14.3 Å². The van der Waals surface area contributed by atoms with Crippen LogP contribution < -0.4 is 10.6 Å². The highest BCUT2D eigenvalue weighted by molar-refractivity contribution is 5.85. The van der Waals surface area contributed by atoms with Crippen molar-refractivity contribution >= 4 is 24.3 Å². The van der Waals surface area contributed by atoms with Crippen molar-refractivity contribution in [3.63, 3.8) is 0 Å². The summed E-state index contributed by atoms with van der Waals surface area (Å²) in [7, 11) is 0. The predicted molar refractivity (Wildman–Crippen MR) is 83.4 cm³/mol. The molecule has 1 aliphatic heterocycles. The van der Waals surface area contributed by atoms with Crippen molar-refractivity contribution in [3.05, 3.63) is 0 Å². The lowest BCUT2D eigenvalue weighted by Gasteiger charge is -2.30. The number of rotatable bonds is 4. The van der Waals surface area contributed by atoms with E-state index in [4.69, 9.17) is 4.74 Å². The zero-order valence-corrected chi connectivity index (χ0v) is 13.5. The van der Waals surface area contributed by atoms with E-state index in [1.165, 1.54) is 0 Å². The molecule has 0 aromatic carbocycles. The highest BCUT2D eigenvalue weighted by Gasteiger charge is 2.29. The summed E-state index contributed by atoms with van der Waals surface area (Å²) < 4.78 is 5.06. The van der Waals surface area contributed by atoms with Crippen molar-refractivity contribution in [1.29, 1.82) is 0 Å². The number of nitrogens with one attached hydrogen (secondary N) is 2. The standard InChI is InChI=1S/C15H26N2O3.ClH/c1-2-20-15(19)11-6-8-12(9-7-11)17-14(18)13-5-3-4-10-16-13;/h11-13,16H,2-10H2,1H3,(H,17,18);1H/t11?,12?,13-;/m0./s1. The van der Waals surface area contributed by atoms with E-state index in [1.807, 2.05) is 6.92 Å². The van der Waals surface area contributed by atoms with Crippen molar-refractivity contribution in [2.45, 2.75) is 64.0 Å². The van der Waals surface area contributed by atoms with Crippen LogP contribution in [-0.2, 0) is 14.3 Å². The molecule has 1 saturated carbocycles. The number of ether oxygens (including phenoxy) is 1. The first kappa shape index (κ1) is 18.2. The van der Waals surface area contributed by atoms with Crippen molar-refractivity contribution in [2.75, 3.05) is 13.2 Å². The summed E-state index contributed by atoms with van der Waals surface area (Å²) in [5.41, 5.74) is 0. The van der Waals surface area contributed by atoms with Gasteiger partial charge in [0, 0.05) is 6.04 Å². The molecule has 0 unspecified atom stereocenters. The van der Waals surface area contributed by atoms with Gasteiger partial charge in [0.05, 0.1) is 18.6 Å². The number of hydrogen-bond donors (Lipinski definition) is 2. The number of amides is 1. The molecule has 0 aromatic heterocycles. The quantitative estimate of drug-likeness (QED) is 0.776. The highest BCUT2D eigenvalue weighted by atomic mass is 35.5. The van der Waals surface area contributed by atoms with E-state index in [2.05, 4.69) is 10.6 Å². The summed E-state index contributed by atoms with van der Waals surface area (Å²) >= 11 is 0. The number of piperidine rings is 1. The minimum absolute atomic E-state index is 0. The van der Waals surface area contributed by atoms with Gasteiger partial charge in [-0.3, -0.25) is 9.59 Å². The Morgan fingerprint density at radius 3 is 2.43 bits per heavy atom. The summed E-state index contributed by atoms with van der Waals surface area (Å²) in [6, 6.07) is 0.198. The molecule has 5 nitrogen and oxygen atoms in total. The molecule has 1 heterocycles. The molecular formula is C15H27ClN2O3. The first-order chi connectivity index (χ1) is 9.70. The molecule has 0 aromatic rings. The highest BCUT2D eigenvalue weighted by Crippen LogP contribution is 2.25. The summed E-state index contributed by atoms with van der Waals surface area (Å²) in [6.45, 7) is 3.22. The van der Waals surface area contributed by atoms with Gasteiger partial charge >= 0.3 is 5.97 Å². The maximum absolute atomic E-state index is 12.1. The zero-order chi connectivity index (χ0) is 14.4. The van der Waals surface area contributed by atoms with Crippen LogP contribution in [0, 0.1) is 5.92 Å². The first-order valence-electron chi connectivity index (χ1n) is 7.91. The molecule has 122 valence electrons. The Balaban J connectivity index is 0.00000220. The smallest absolute Gasteiger partial charge is 0.308 e. The molecule has 0 bridgehead atoms. The summed E-state index contributed by atoms with van der Waals surface area (Å²) in [4.78, 5) is 23.8. The van der Waals surface area contributed by atoms with Gasteiger partial charge in [0.1, 0.15) is 0 Å². The third-order valence-electron chi connectivity index (χ3n) is 4.32. The zero-order valence-electron chi connectivity index (χ0n) is 12.7. The lowest BCUT2D eigenvalue weighted by molar-refractivity contribution is -0.149. The number of hydrogen-bond acceptors (Lipinski definition) is 4. The van der Waals surface area contributed by atoms with Crippen LogP contribution >= 0.6 is 12.4 Å². The van der Waals surface area contributed by atoms with E-state index in [9.17, 15) is 9.59 Å². The van der Waals surface area contributed by atoms with Crippen LogP contribution in [0.4, 0.5) is 0 Å². The number of carbonyl (C=O) groups is 2. The molecule has 21 heavy (non-hydrogen) atoms. The Kier molecular flexibility index (Phi) is 8.04. The van der Waals surface area contributed by atoms with Gasteiger partial charge in [-0.15, -0.1) is 12.4 Å². The van der Waals surface area contributed by atoms with E-state index >= 15 is 0 Å². The van der Waals surface area contributed by atoms with Crippen molar-refractivity contribution in [3.8, 4) is 0 Å². The second-order valence-corrected chi connectivity index (χ2v) is 5.81. The first-order valence-corrected chi connectivity index (χ1v) is 7.91. The summed E-state index contributed by atoms with van der Waals surface area (Å²) in [5.74, 6) is 0.0754. The molecule has 1 saturated heterocycles. The number of halogens is 1. The van der Waals surface area contributed by atoms with Gasteiger partial charge in [-0.2, -0.15) is 0 Å². The molecule has 1 aliphatic carbocycles. The monoisotopic (exact) mass is 318 g/mol. The SMILES string of the molecule is CCOC(=O)C1CCC(NC(=O)[C@@H]2CCCCN2)CC1.Cl. The van der Waals surface area contributed by atoms with Gasteiger partial charge in [-0.05, 0) is 52.0 Å². The fraction of sp³-hybridized carbons (Fsp3) is 0.867. The van der Waals surface area contributed by atoms with Gasteiger partial charge in [-0.1, -0.05) is 6.42 Å². The Hall–Kier alpha value is -0.810. The molecule has 1 amide bonds. The Morgan fingerprint density at radius 2 is 1.86 bits per heavy atom. The average molecular weight is 319 g/mol. The summed E-state index contributed by atoms with van der Waals surface area (Å²) in [5, 5.41) is 6.39. The van der Waals surface area contributed by atoms with E-state index in [1.54, 1.807) is 0 Å². The van der Waals surface area contributed by atoms with E-state index in [0.29, 0.717) is 6.61 Å². The van der Waals surface area contributed by atoms with E-state index in [0.717, 1.165) is 51.5 Å². The van der Waals surface area contributed by atoms with Crippen LogP contribution in [0.15, 0.2) is 0 Å². The maximum atomic E-state index is 12.1. The molecule has 6 heteroatoms. The van der Waals surface area contributed by atoms with Gasteiger partial charge in [0.2, 0.25) is 5.91 Å². The topological polar surface area (TPSA) is 67.4 Å². The van der Waals surface area contributed by atoms with Crippen LogP contribution in [0.2, 0.25) is 0 Å². The maximum Gasteiger partial charge on any atom is 0.308 e. The van der Waals surface area contributed by atoms with Gasteiger partial charge in [0.25, 0.3) is 0 Å². The molecule has 2 aliphatic rings. The number of carbonyl (C=O) groups excluding carboxylic acids is 2. The lowest BCUT2D eigenvalue weighted by Crippen LogP contribution is -2.50. The lowest BCUT2D eigenvalue weighted by atomic mass is 9.86. The van der Waals surface area contributed by atoms with Crippen LogP contribution in [0.3, 0.4) is 0 Å². The molecule has 2 N–H and O–H groups in total. The number of esters is 1. The fourth-order valence-corrected chi connectivity index (χ4v) is 3.11. The molecule has 0 radical (unpaired) electrons. The minimum atomic E-state index is -0.0776. The minimum Gasteiger partial charge on any atom is -0.466 e. The molecule has 0 spiro atoms. The van der Waals surface area contributed by atoms with Gasteiger partial charge in [0.15, 0.2) is 0 Å². The predicted octanol–water partition coefficient (Wildman–Crippen LogP) is 1.79. The molecule has 1 atom stereocenters. The van der Waals surface area contributed by atoms with Crippen LogP contribution in [0.1, 0.15) is 51.9 Å². The van der Waals surface area contributed by atoms with E-state index < -0.39 is 0 Å². The largest absolute Gasteiger partial charge is 0.466 e. The normalized spacial score (nSPS) is 29.1. The van der Waals surface area contributed by atoms with Gasteiger partial charge in [-0.25, -0.2) is 0 Å². The van der Waals surface area contributed by atoms with Crippen LogP contribution in [0.5, 0.6) is 0 Å². The van der Waals surface area contributed by atoms with Crippen molar-refractivity contribution in [1.82, 2.24) is 10.6 Å². The Morgan fingerprint density at radius 1 is 1.14 bits per heavy atom. The Bertz CT molecular complexity index is 338. The third-order valence-corrected chi connectivity index (χ3v) is 4.32.